The van der Waals surface area contributed by atoms with Gasteiger partial charge in [0.2, 0.25) is 0 Å². The van der Waals surface area contributed by atoms with Crippen molar-refractivity contribution in [1.82, 2.24) is 0 Å². The van der Waals surface area contributed by atoms with E-state index in [0.717, 1.165) is 0 Å². The van der Waals surface area contributed by atoms with E-state index < -0.39 is 11.0 Å². The van der Waals surface area contributed by atoms with Gasteiger partial charge in [0.05, 0.1) is 4.92 Å². The largest absolute Gasteiger partial charge is 0.486 e. The van der Waals surface area contributed by atoms with Crippen molar-refractivity contribution in [3.8, 4) is 11.5 Å². The molecule has 0 saturated heterocycles. The monoisotopic (exact) mass is 315 g/mol. The number of urea groups is 1. The van der Waals surface area contributed by atoms with Crippen LogP contribution in [0.2, 0.25) is 0 Å². The average Bonchev–Trinajstić information content (AvgIpc) is 2.55. The number of carbonyl (C=O) groups excluding carboxylic acids is 1. The normalized spacial score (nSPS) is 12.3. The van der Waals surface area contributed by atoms with E-state index in [4.69, 9.17) is 9.47 Å². The van der Waals surface area contributed by atoms with Crippen molar-refractivity contribution in [2.24, 2.45) is 0 Å². The second-order valence-corrected chi connectivity index (χ2v) is 4.71. The third-order valence-electron chi connectivity index (χ3n) is 3.15. The predicted molar refractivity (Wildman–Crippen MR) is 83.2 cm³/mol. The fourth-order valence-electron chi connectivity index (χ4n) is 2.14. The van der Waals surface area contributed by atoms with Crippen LogP contribution in [-0.4, -0.2) is 24.2 Å². The van der Waals surface area contributed by atoms with Gasteiger partial charge in [0, 0.05) is 17.8 Å². The molecule has 0 aromatic heterocycles. The first-order valence-corrected chi connectivity index (χ1v) is 6.84. The molecule has 8 nitrogen and oxygen atoms in total. The zero-order valence-electron chi connectivity index (χ0n) is 11.9. The van der Waals surface area contributed by atoms with Gasteiger partial charge in [-0.25, -0.2) is 4.79 Å². The number of anilines is 2. The summed E-state index contributed by atoms with van der Waals surface area (Å²) in [5.41, 5.74) is 0.433. The van der Waals surface area contributed by atoms with Crippen LogP contribution in [-0.2, 0) is 0 Å². The van der Waals surface area contributed by atoms with Gasteiger partial charge in [-0.1, -0.05) is 12.1 Å². The predicted octanol–water partition coefficient (Wildman–Crippen LogP) is 3.01. The summed E-state index contributed by atoms with van der Waals surface area (Å²) in [4.78, 5) is 22.4. The molecular weight excluding hydrogens is 302 g/mol. The minimum absolute atomic E-state index is 0.118. The molecule has 0 fully saturated rings. The first-order valence-electron chi connectivity index (χ1n) is 6.84. The minimum Gasteiger partial charge on any atom is -0.486 e. The second kappa shape index (κ2) is 6.22. The fourth-order valence-corrected chi connectivity index (χ4v) is 2.14. The maximum absolute atomic E-state index is 12.0. The van der Waals surface area contributed by atoms with Gasteiger partial charge in [-0.05, 0) is 18.2 Å². The average molecular weight is 315 g/mol. The van der Waals surface area contributed by atoms with Crippen LogP contribution >= 0.6 is 0 Å². The Labute approximate surface area is 131 Å². The molecule has 0 spiro atoms. The molecule has 23 heavy (non-hydrogen) atoms. The molecule has 0 radical (unpaired) electrons. The lowest BCUT2D eigenvalue weighted by molar-refractivity contribution is -0.383. The first-order chi connectivity index (χ1) is 11.1. The Morgan fingerprint density at radius 1 is 1.04 bits per heavy atom. The number of amides is 2. The molecule has 2 aromatic carbocycles. The number of hydrogen-bond acceptors (Lipinski definition) is 5. The number of hydrogen-bond donors (Lipinski definition) is 2. The SMILES string of the molecule is O=C(Nc1ccc2c(c1)OCCO2)Nc1ccccc1[N+](=O)[O-]. The van der Waals surface area contributed by atoms with Crippen LogP contribution in [0, 0.1) is 10.1 Å². The van der Waals surface area contributed by atoms with Crippen LogP contribution in [0.15, 0.2) is 42.5 Å². The van der Waals surface area contributed by atoms with Gasteiger partial charge in [-0.2, -0.15) is 0 Å². The molecular formula is C15H13N3O5. The molecule has 1 aliphatic heterocycles. The molecule has 2 aromatic rings. The van der Waals surface area contributed by atoms with Crippen LogP contribution in [0.4, 0.5) is 21.9 Å². The number of rotatable bonds is 3. The number of carbonyl (C=O) groups is 1. The summed E-state index contributed by atoms with van der Waals surface area (Å²) >= 11 is 0. The molecule has 0 atom stereocenters. The molecule has 0 saturated carbocycles. The maximum Gasteiger partial charge on any atom is 0.323 e. The van der Waals surface area contributed by atoms with Crippen molar-refractivity contribution in [2.75, 3.05) is 23.8 Å². The highest BCUT2D eigenvalue weighted by Crippen LogP contribution is 2.32. The number of benzene rings is 2. The number of para-hydroxylation sites is 2. The summed E-state index contributed by atoms with van der Waals surface area (Å²) in [6.45, 7) is 0.927. The number of nitro groups is 1. The van der Waals surface area contributed by atoms with Crippen molar-refractivity contribution in [2.45, 2.75) is 0 Å². The lowest BCUT2D eigenvalue weighted by atomic mass is 10.2. The first kappa shape index (κ1) is 14.6. The van der Waals surface area contributed by atoms with Gasteiger partial charge in [0.15, 0.2) is 11.5 Å². The number of nitrogens with zero attached hydrogens (tertiary/aromatic N) is 1. The third-order valence-corrected chi connectivity index (χ3v) is 3.15. The molecule has 118 valence electrons. The van der Waals surface area contributed by atoms with Gasteiger partial charge in [0.1, 0.15) is 18.9 Å². The summed E-state index contributed by atoms with van der Waals surface area (Å²) in [5, 5.41) is 16.0. The van der Waals surface area contributed by atoms with E-state index in [9.17, 15) is 14.9 Å². The topological polar surface area (TPSA) is 103 Å². The number of nitrogens with one attached hydrogen (secondary N) is 2. The smallest absolute Gasteiger partial charge is 0.323 e. The molecule has 0 unspecified atom stereocenters. The maximum atomic E-state index is 12.0. The van der Waals surface area contributed by atoms with E-state index in [1.54, 1.807) is 24.3 Å². The van der Waals surface area contributed by atoms with E-state index in [1.807, 2.05) is 0 Å². The van der Waals surface area contributed by atoms with Crippen molar-refractivity contribution in [3.63, 3.8) is 0 Å². The molecule has 2 amide bonds. The lowest BCUT2D eigenvalue weighted by Crippen LogP contribution is -2.20. The Morgan fingerprint density at radius 3 is 2.57 bits per heavy atom. The summed E-state index contributed by atoms with van der Waals surface area (Å²) in [5.74, 6) is 1.15. The van der Waals surface area contributed by atoms with E-state index >= 15 is 0 Å². The molecule has 0 bridgehead atoms. The van der Waals surface area contributed by atoms with Gasteiger partial charge < -0.3 is 20.1 Å². The molecule has 2 N–H and O–H groups in total. The van der Waals surface area contributed by atoms with Crippen LogP contribution < -0.4 is 20.1 Å². The number of ether oxygens (including phenoxy) is 2. The quantitative estimate of drug-likeness (QED) is 0.669. The van der Waals surface area contributed by atoms with E-state index in [1.165, 1.54) is 18.2 Å². The highest BCUT2D eigenvalue weighted by atomic mass is 16.6. The van der Waals surface area contributed by atoms with Crippen molar-refractivity contribution < 1.29 is 19.2 Å². The number of fused-ring (bicyclic) bond motifs is 1. The van der Waals surface area contributed by atoms with Crippen molar-refractivity contribution >= 4 is 23.1 Å². The summed E-state index contributed by atoms with van der Waals surface area (Å²) < 4.78 is 10.8. The number of nitro benzene ring substituents is 1. The molecule has 3 rings (SSSR count). The zero-order valence-corrected chi connectivity index (χ0v) is 11.9. The Balaban J connectivity index is 1.72. The van der Waals surface area contributed by atoms with E-state index in [2.05, 4.69) is 10.6 Å². The van der Waals surface area contributed by atoms with Gasteiger partial charge >= 0.3 is 6.03 Å². The highest BCUT2D eigenvalue weighted by molar-refractivity contribution is 6.01. The van der Waals surface area contributed by atoms with Crippen LogP contribution in [0.1, 0.15) is 0 Å². The molecule has 0 aliphatic carbocycles. The fraction of sp³-hybridized carbons (Fsp3) is 0.133. The molecule has 1 aliphatic rings. The van der Waals surface area contributed by atoms with Crippen LogP contribution in [0.25, 0.3) is 0 Å². The summed E-state index contributed by atoms with van der Waals surface area (Å²) in [6, 6.07) is 10.3. The Bertz CT molecular complexity index is 763. The molecule has 1 heterocycles. The zero-order chi connectivity index (χ0) is 16.2. The Kier molecular flexibility index (Phi) is 3.96. The van der Waals surface area contributed by atoms with Gasteiger partial charge in [0.25, 0.3) is 5.69 Å². The molecule has 8 heteroatoms. The second-order valence-electron chi connectivity index (χ2n) is 4.71. The van der Waals surface area contributed by atoms with Gasteiger partial charge in [-0.15, -0.1) is 0 Å². The van der Waals surface area contributed by atoms with Gasteiger partial charge in [-0.3, -0.25) is 10.1 Å². The van der Waals surface area contributed by atoms with Crippen molar-refractivity contribution in [1.29, 1.82) is 0 Å². The summed E-state index contributed by atoms with van der Waals surface area (Å²) in [7, 11) is 0. The minimum atomic E-state index is -0.587. The Morgan fingerprint density at radius 2 is 1.78 bits per heavy atom. The van der Waals surface area contributed by atoms with E-state index in [0.29, 0.717) is 30.4 Å². The Hall–Kier alpha value is -3.29. The highest BCUT2D eigenvalue weighted by Gasteiger charge is 2.16. The van der Waals surface area contributed by atoms with Crippen LogP contribution in [0.3, 0.4) is 0 Å². The van der Waals surface area contributed by atoms with Crippen LogP contribution in [0.5, 0.6) is 11.5 Å². The lowest BCUT2D eigenvalue weighted by Gasteiger charge is -2.19. The third kappa shape index (κ3) is 3.31. The standard InChI is InChI=1S/C15H13N3O5/c19-15(17-11-3-1-2-4-12(11)18(20)21)16-10-5-6-13-14(9-10)23-8-7-22-13/h1-6,9H,7-8H2,(H2,16,17,19). The van der Waals surface area contributed by atoms with Crippen molar-refractivity contribution in [3.05, 3.63) is 52.6 Å². The van der Waals surface area contributed by atoms with E-state index in [-0.39, 0.29) is 11.4 Å². The summed E-state index contributed by atoms with van der Waals surface area (Å²) in [6.07, 6.45) is 0.